The van der Waals surface area contributed by atoms with Crippen molar-refractivity contribution in [1.82, 2.24) is 0 Å². The number of hydrogen-bond acceptors (Lipinski definition) is 2. The fourth-order valence-electron chi connectivity index (χ4n) is 1.74. The lowest BCUT2D eigenvalue weighted by molar-refractivity contribution is 1.41. The molecule has 0 unspecified atom stereocenters. The molecule has 2 aromatic rings. The Morgan fingerprint density at radius 3 is 2.05 bits per heavy atom. The zero-order chi connectivity index (χ0) is 14.0. The first-order valence-corrected chi connectivity index (χ1v) is 7.36. The minimum atomic E-state index is 0.744. The minimum absolute atomic E-state index is 0.744. The van der Waals surface area contributed by atoms with E-state index in [1.807, 2.05) is 30.4 Å². The predicted octanol–water partition coefficient (Wildman–Crippen LogP) is 5.13. The van der Waals surface area contributed by atoms with Gasteiger partial charge in [0, 0.05) is 5.75 Å². The van der Waals surface area contributed by atoms with E-state index < -0.39 is 0 Å². The van der Waals surface area contributed by atoms with Gasteiger partial charge in [-0.25, -0.2) is 0 Å². The summed E-state index contributed by atoms with van der Waals surface area (Å²) in [6.07, 6.45) is 8.22. The zero-order valence-electron chi connectivity index (χ0n) is 11.1. The van der Waals surface area contributed by atoms with Crippen molar-refractivity contribution in [2.24, 2.45) is 0 Å². The van der Waals surface area contributed by atoms with Crippen LogP contribution in [0.5, 0.6) is 0 Å². The average Bonchev–Trinajstić information content (AvgIpc) is 2.52. The van der Waals surface area contributed by atoms with Gasteiger partial charge in [-0.3, -0.25) is 0 Å². The molecule has 0 bridgehead atoms. The molecule has 2 aromatic carbocycles. The Morgan fingerprint density at radius 2 is 1.45 bits per heavy atom. The van der Waals surface area contributed by atoms with Gasteiger partial charge >= 0.3 is 0 Å². The van der Waals surface area contributed by atoms with Crippen LogP contribution in [0, 0.1) is 10.7 Å². The third-order valence-corrected chi connectivity index (χ3v) is 3.38. The normalized spacial score (nSPS) is 10.9. The van der Waals surface area contributed by atoms with Crippen LogP contribution in [0.1, 0.15) is 16.7 Å². The van der Waals surface area contributed by atoms with Gasteiger partial charge in [-0.05, 0) is 28.5 Å². The maximum Gasteiger partial charge on any atom is 0.133 e. The fourth-order valence-corrected chi connectivity index (χ4v) is 2.16. The van der Waals surface area contributed by atoms with E-state index in [1.165, 1.54) is 22.9 Å². The number of benzene rings is 2. The highest BCUT2D eigenvalue weighted by Crippen LogP contribution is 2.12. The van der Waals surface area contributed by atoms with Crippen LogP contribution >= 0.6 is 11.8 Å². The van der Waals surface area contributed by atoms with E-state index in [0.29, 0.717) is 0 Å². The molecule has 0 spiro atoms. The van der Waals surface area contributed by atoms with Crippen LogP contribution in [0.4, 0.5) is 0 Å². The fraction of sp³-hybridized carbons (Fsp3) is 0.0556. The molecule has 2 rings (SSSR count). The highest BCUT2D eigenvalue weighted by molar-refractivity contribution is 8.02. The Balaban J connectivity index is 1.91. The van der Waals surface area contributed by atoms with Crippen LogP contribution in [-0.4, -0.2) is 0 Å². The van der Waals surface area contributed by atoms with Gasteiger partial charge in [0.25, 0.3) is 0 Å². The standard InChI is InChI=1S/C18H15NS/c19-15-20-14-18-12-10-17(11-13-18)9-5-4-8-16-6-2-1-3-7-16/h1-13H,14H2. The smallest absolute Gasteiger partial charge is 0.133 e. The summed E-state index contributed by atoms with van der Waals surface area (Å²) in [4.78, 5) is 0. The molecule has 0 saturated carbocycles. The molecule has 0 heterocycles. The lowest BCUT2D eigenvalue weighted by atomic mass is 10.1. The Bertz CT molecular complexity index is 619. The maximum atomic E-state index is 8.51. The van der Waals surface area contributed by atoms with Gasteiger partial charge < -0.3 is 0 Å². The van der Waals surface area contributed by atoms with E-state index in [9.17, 15) is 0 Å². The third-order valence-electron chi connectivity index (χ3n) is 2.77. The van der Waals surface area contributed by atoms with Crippen molar-refractivity contribution in [2.75, 3.05) is 0 Å². The van der Waals surface area contributed by atoms with Gasteiger partial charge in [-0.1, -0.05) is 78.9 Å². The van der Waals surface area contributed by atoms with Gasteiger partial charge in [-0.15, -0.1) is 0 Å². The van der Waals surface area contributed by atoms with Crippen LogP contribution in [0.2, 0.25) is 0 Å². The van der Waals surface area contributed by atoms with Crippen molar-refractivity contribution in [3.63, 3.8) is 0 Å². The number of thiocyanates is 1. The van der Waals surface area contributed by atoms with Crippen LogP contribution in [0.25, 0.3) is 12.2 Å². The van der Waals surface area contributed by atoms with Gasteiger partial charge in [0.1, 0.15) is 5.40 Å². The highest BCUT2D eigenvalue weighted by atomic mass is 32.2. The summed E-state index contributed by atoms with van der Waals surface area (Å²) in [5.74, 6) is 0.744. The molecule has 0 fully saturated rings. The molecule has 0 aliphatic heterocycles. The summed E-state index contributed by atoms with van der Waals surface area (Å²) in [6.45, 7) is 0. The van der Waals surface area contributed by atoms with Crippen LogP contribution in [0.15, 0.2) is 66.7 Å². The van der Waals surface area contributed by atoms with Gasteiger partial charge in [0.05, 0.1) is 0 Å². The molecule has 0 amide bonds. The maximum absolute atomic E-state index is 8.51. The number of hydrogen-bond donors (Lipinski definition) is 0. The van der Waals surface area contributed by atoms with Gasteiger partial charge in [-0.2, -0.15) is 5.26 Å². The van der Waals surface area contributed by atoms with Crippen LogP contribution in [-0.2, 0) is 5.75 Å². The van der Waals surface area contributed by atoms with Crippen LogP contribution < -0.4 is 0 Å². The molecule has 0 aliphatic rings. The molecule has 20 heavy (non-hydrogen) atoms. The van der Waals surface area contributed by atoms with E-state index in [2.05, 4.69) is 54.0 Å². The minimum Gasteiger partial charge on any atom is -0.185 e. The van der Waals surface area contributed by atoms with Crippen molar-refractivity contribution < 1.29 is 0 Å². The molecule has 98 valence electrons. The number of thioether (sulfide) groups is 1. The molecule has 0 aromatic heterocycles. The summed E-state index contributed by atoms with van der Waals surface area (Å²) in [6, 6.07) is 18.5. The second-order valence-electron chi connectivity index (χ2n) is 4.25. The average molecular weight is 277 g/mol. The topological polar surface area (TPSA) is 23.8 Å². The number of allylic oxidation sites excluding steroid dienone is 2. The van der Waals surface area contributed by atoms with Crippen LogP contribution in [0.3, 0.4) is 0 Å². The van der Waals surface area contributed by atoms with E-state index >= 15 is 0 Å². The largest absolute Gasteiger partial charge is 0.185 e. The first-order chi connectivity index (χ1) is 9.88. The van der Waals surface area contributed by atoms with E-state index in [4.69, 9.17) is 5.26 Å². The summed E-state index contributed by atoms with van der Waals surface area (Å²) in [5.41, 5.74) is 3.53. The highest BCUT2D eigenvalue weighted by Gasteiger charge is 1.92. The van der Waals surface area contributed by atoms with Crippen molar-refractivity contribution in [2.45, 2.75) is 5.75 Å². The quantitative estimate of drug-likeness (QED) is 0.559. The zero-order valence-corrected chi connectivity index (χ0v) is 11.9. The molecule has 0 saturated heterocycles. The van der Waals surface area contributed by atoms with Crippen molar-refractivity contribution in [3.05, 3.63) is 83.4 Å². The van der Waals surface area contributed by atoms with Gasteiger partial charge in [0.2, 0.25) is 0 Å². The summed E-state index contributed by atoms with van der Waals surface area (Å²) < 4.78 is 0. The second kappa shape index (κ2) is 8.04. The molecule has 0 aliphatic carbocycles. The Morgan fingerprint density at radius 1 is 0.850 bits per heavy atom. The lowest BCUT2D eigenvalue weighted by Gasteiger charge is -1.97. The van der Waals surface area contributed by atoms with Crippen molar-refractivity contribution in [1.29, 1.82) is 5.26 Å². The Labute approximate surface area is 124 Å². The molecule has 2 heteroatoms. The number of rotatable bonds is 5. The van der Waals surface area contributed by atoms with Crippen molar-refractivity contribution >= 4 is 23.9 Å². The first-order valence-electron chi connectivity index (χ1n) is 6.38. The molecular formula is C18H15NS. The van der Waals surface area contributed by atoms with E-state index in [-0.39, 0.29) is 0 Å². The monoisotopic (exact) mass is 277 g/mol. The molecule has 1 nitrogen and oxygen atoms in total. The predicted molar refractivity (Wildman–Crippen MR) is 87.9 cm³/mol. The van der Waals surface area contributed by atoms with E-state index in [0.717, 1.165) is 11.3 Å². The number of nitrogens with zero attached hydrogens (tertiary/aromatic N) is 1. The number of nitriles is 1. The lowest BCUT2D eigenvalue weighted by Crippen LogP contribution is -1.79. The van der Waals surface area contributed by atoms with E-state index in [1.54, 1.807) is 0 Å². The molecular weight excluding hydrogens is 262 g/mol. The summed E-state index contributed by atoms with van der Waals surface area (Å²) in [7, 11) is 0. The van der Waals surface area contributed by atoms with Gasteiger partial charge in [0.15, 0.2) is 0 Å². The summed E-state index contributed by atoms with van der Waals surface area (Å²) in [5, 5.41) is 10.6. The van der Waals surface area contributed by atoms with Crippen molar-refractivity contribution in [3.8, 4) is 5.40 Å². The second-order valence-corrected chi connectivity index (χ2v) is 5.01. The molecule has 0 radical (unpaired) electrons. The third kappa shape index (κ3) is 4.79. The SMILES string of the molecule is N#CSCc1ccc(C=CC=Cc2ccccc2)cc1. The summed E-state index contributed by atoms with van der Waals surface area (Å²) >= 11 is 1.26. The molecule has 0 atom stereocenters. The Kier molecular flexibility index (Phi) is 5.70. The first kappa shape index (κ1) is 14.2. The Hall–Kier alpha value is -2.24. The molecule has 0 N–H and O–H groups in total.